The quantitative estimate of drug-likeness (QED) is 0.0539. The van der Waals surface area contributed by atoms with Crippen molar-refractivity contribution in [3.63, 3.8) is 0 Å². The van der Waals surface area contributed by atoms with Crippen LogP contribution in [0.15, 0.2) is 11.6 Å². The number of carboxylic acids is 1. The first kappa shape index (κ1) is 69.0. The maximum absolute atomic E-state index is 12.6. The molecule has 0 aromatic heterocycles. The zero-order chi connectivity index (χ0) is 64.4. The molecule has 0 radical (unpaired) electrons. The van der Waals surface area contributed by atoms with Crippen molar-refractivity contribution < 1.29 is 144 Å². The Morgan fingerprint density at radius 1 is 0.523 bits per heavy atom. The normalized spacial score (nSPS) is 55.5. The van der Waals surface area contributed by atoms with Crippen molar-refractivity contribution in [1.82, 2.24) is 0 Å². The van der Waals surface area contributed by atoms with Crippen LogP contribution in [0.1, 0.15) is 99.8 Å². The Balaban J connectivity index is 0.892. The van der Waals surface area contributed by atoms with E-state index in [0.29, 0.717) is 44.9 Å². The molecular formula is C59H96O29. The average Bonchev–Trinajstić information content (AvgIpc) is 0.677. The number of allylic oxidation sites excluding steroid dienone is 2. The van der Waals surface area contributed by atoms with Crippen LogP contribution in [-0.4, -0.2) is 297 Å². The smallest absolute Gasteiger partial charge is 0.335 e. The standard InChI is InChI=1S/C59H96O29/c1-54(2)16-23-22-8-9-29-56(4)12-11-30(83-53-45(38(72)37(71)43(85-53)48(77)78)87-52-44(36(70)33(67)27(19-62)82-52)86-51-40(74)35(69)32(66)26(18-61)81-51)57(5,21-63)28(56)10-13-59(29,7)58(22,6)15-14-55(23,3)47(46(54)76)88-49-41(75)42(24(64)20-79-49)84-50-39(73)34(68)31(65)25(17-60)80-50/h8,23-47,49-53,60-76H,9-21H2,1-7H3,(H,77,78)/t23-,24+,25+,26+,27+,28+,29+,30-,31+,32+,33+,34-,35-,36-,37-,38-,39+,40+,41+,42+,43-,44+,45+,46-,47+,49-,50-,51-,52-,53+,55+,56-,57+,58+,59+/m0/s1. The minimum Gasteiger partial charge on any atom is -0.479 e. The predicted octanol–water partition coefficient (Wildman–Crippen LogP) is -5.06. The lowest BCUT2D eigenvalue weighted by Crippen LogP contribution is -2.69. The number of carboxylic acid groups (broad SMARTS) is 1. The number of carbonyl (C=O) groups is 1. The van der Waals surface area contributed by atoms with Gasteiger partial charge in [-0.05, 0) is 90.8 Å². The van der Waals surface area contributed by atoms with E-state index in [-0.39, 0.29) is 36.2 Å². The highest BCUT2D eigenvalue weighted by atomic mass is 16.8. The average molecular weight is 1270 g/mol. The van der Waals surface area contributed by atoms with Crippen LogP contribution in [0.4, 0.5) is 0 Å². The van der Waals surface area contributed by atoms with E-state index in [1.165, 1.54) is 5.57 Å². The Morgan fingerprint density at radius 3 is 1.60 bits per heavy atom. The molecule has 10 aliphatic rings. The van der Waals surface area contributed by atoms with E-state index in [9.17, 15) is 96.7 Å². The van der Waals surface area contributed by atoms with Gasteiger partial charge < -0.3 is 139 Å². The van der Waals surface area contributed by atoms with Gasteiger partial charge >= 0.3 is 5.97 Å². The minimum absolute atomic E-state index is 0.0245. The van der Waals surface area contributed by atoms with Gasteiger partial charge in [-0.25, -0.2) is 4.79 Å². The van der Waals surface area contributed by atoms with Crippen LogP contribution in [0, 0.1) is 50.2 Å². The molecule has 35 atom stereocenters. The van der Waals surface area contributed by atoms with E-state index in [1.54, 1.807) is 0 Å². The summed E-state index contributed by atoms with van der Waals surface area (Å²) in [5.74, 6) is -2.05. The minimum atomic E-state index is -2.17. The van der Waals surface area contributed by atoms with Gasteiger partial charge in [0, 0.05) is 10.8 Å². The van der Waals surface area contributed by atoms with Gasteiger partial charge in [0.15, 0.2) is 37.6 Å². The van der Waals surface area contributed by atoms with Gasteiger partial charge in [-0.2, -0.15) is 0 Å². The van der Waals surface area contributed by atoms with E-state index in [1.807, 2.05) is 20.8 Å². The number of ether oxygens (including phenoxy) is 10. The van der Waals surface area contributed by atoms with Gasteiger partial charge in [-0.3, -0.25) is 0 Å². The Hall–Kier alpha value is -1.87. The molecule has 5 saturated heterocycles. The summed E-state index contributed by atoms with van der Waals surface area (Å²) in [6.07, 6.45) is -39.2. The number of aliphatic hydroxyl groups excluding tert-OH is 17. The number of aliphatic hydroxyl groups is 17. The summed E-state index contributed by atoms with van der Waals surface area (Å²) in [6.45, 7) is 11.5. The van der Waals surface area contributed by atoms with E-state index in [2.05, 4.69) is 33.8 Å². The SMILES string of the molecule is CC1(C)C[C@H]2C3=CC[C@@H]4[C@@]5(C)CC[C@H](O[C@@H]6O[C@H](C(=O)O)[C@@H](O)[C@H](O)[C@H]6O[C@@H]6O[C@H](CO)[C@@H](O)[C@H](O)[C@H]6O[C@@H]6O[C@H](CO)[C@@H](O)[C@H](O)[C@H]6O)[C@](C)(CO)[C@@H]5CC[C@@]4(C)[C@]3(C)CC[C@@]2(C)[C@H](O[C@@H]2OC[C@@H](O)[C@@H](O[C@@H]3O[C@H](CO)[C@@H](O)[C@H](O)[C@H]3O)[C@H]2O)[C@@H]1O. The summed E-state index contributed by atoms with van der Waals surface area (Å²) < 4.78 is 60.2. The molecule has 10 rings (SSSR count). The van der Waals surface area contributed by atoms with Crippen molar-refractivity contribution in [1.29, 1.82) is 0 Å². The molecule has 29 heteroatoms. The number of hydrogen-bond acceptors (Lipinski definition) is 28. The van der Waals surface area contributed by atoms with Crippen LogP contribution in [0.5, 0.6) is 0 Å². The second-order valence-corrected chi connectivity index (χ2v) is 28.8. The van der Waals surface area contributed by atoms with E-state index in [4.69, 9.17) is 47.4 Å². The third-order valence-corrected chi connectivity index (χ3v) is 23.6. The Bertz CT molecular complexity index is 2460. The van der Waals surface area contributed by atoms with Gasteiger partial charge in [0.25, 0.3) is 0 Å². The molecule has 0 unspecified atom stereocenters. The molecule has 18 N–H and O–H groups in total. The molecule has 0 aromatic rings. The number of aliphatic carboxylic acids is 1. The molecule has 4 saturated carbocycles. The highest BCUT2D eigenvalue weighted by Crippen LogP contribution is 2.76. The van der Waals surface area contributed by atoms with Gasteiger partial charge in [0.1, 0.15) is 110 Å². The Labute approximate surface area is 509 Å². The summed E-state index contributed by atoms with van der Waals surface area (Å²) in [5, 5.41) is 196. The van der Waals surface area contributed by atoms with Crippen molar-refractivity contribution in [2.24, 2.45) is 50.2 Å². The molecular weight excluding hydrogens is 1170 g/mol. The van der Waals surface area contributed by atoms with Crippen molar-refractivity contribution in [2.75, 3.05) is 33.0 Å². The first-order chi connectivity index (χ1) is 41.2. The molecule has 88 heavy (non-hydrogen) atoms. The summed E-state index contributed by atoms with van der Waals surface area (Å²) in [5.41, 5.74) is -2.58. The topological polar surface area (TPSA) is 474 Å². The first-order valence-electron chi connectivity index (χ1n) is 31.0. The fourth-order valence-electron chi connectivity index (χ4n) is 17.9. The Morgan fingerprint density at radius 2 is 1.05 bits per heavy atom. The summed E-state index contributed by atoms with van der Waals surface area (Å²) in [4.78, 5) is 12.6. The van der Waals surface area contributed by atoms with E-state index < -0.39 is 225 Å². The molecule has 5 aliphatic heterocycles. The van der Waals surface area contributed by atoms with Gasteiger partial charge in [-0.1, -0.05) is 60.1 Å². The lowest BCUT2D eigenvalue weighted by molar-refractivity contribution is -0.397. The van der Waals surface area contributed by atoms with Gasteiger partial charge in [0.2, 0.25) is 0 Å². The Kier molecular flexibility index (Phi) is 19.9. The second-order valence-electron chi connectivity index (χ2n) is 28.8. The van der Waals surface area contributed by atoms with Crippen LogP contribution in [-0.2, 0) is 52.2 Å². The van der Waals surface area contributed by atoms with Crippen molar-refractivity contribution in [3.8, 4) is 0 Å². The largest absolute Gasteiger partial charge is 0.479 e. The summed E-state index contributed by atoms with van der Waals surface area (Å²) in [7, 11) is 0. The molecule has 5 aliphatic carbocycles. The van der Waals surface area contributed by atoms with Crippen LogP contribution in [0.25, 0.3) is 0 Å². The van der Waals surface area contributed by atoms with Gasteiger partial charge in [-0.15, -0.1) is 0 Å². The van der Waals surface area contributed by atoms with Gasteiger partial charge in [0.05, 0.1) is 51.3 Å². The molecule has 5 heterocycles. The van der Waals surface area contributed by atoms with E-state index >= 15 is 0 Å². The van der Waals surface area contributed by atoms with Crippen LogP contribution in [0.2, 0.25) is 0 Å². The third kappa shape index (κ3) is 11.2. The lowest BCUT2D eigenvalue weighted by Gasteiger charge is -2.72. The fraction of sp³-hybridized carbons (Fsp3) is 0.949. The summed E-state index contributed by atoms with van der Waals surface area (Å²) >= 11 is 0. The van der Waals surface area contributed by atoms with Crippen LogP contribution < -0.4 is 0 Å². The zero-order valence-electron chi connectivity index (χ0n) is 50.6. The number of hydrogen-bond donors (Lipinski definition) is 18. The molecule has 0 amide bonds. The third-order valence-electron chi connectivity index (χ3n) is 23.6. The highest BCUT2D eigenvalue weighted by Gasteiger charge is 2.71. The zero-order valence-corrected chi connectivity index (χ0v) is 50.6. The lowest BCUT2D eigenvalue weighted by atomic mass is 9.33. The maximum Gasteiger partial charge on any atom is 0.335 e. The fourth-order valence-corrected chi connectivity index (χ4v) is 17.9. The van der Waals surface area contributed by atoms with Crippen LogP contribution >= 0.6 is 0 Å². The molecule has 0 aromatic carbocycles. The first-order valence-corrected chi connectivity index (χ1v) is 31.0. The van der Waals surface area contributed by atoms with E-state index in [0.717, 1.165) is 0 Å². The molecule has 0 spiro atoms. The second kappa shape index (κ2) is 25.4. The summed E-state index contributed by atoms with van der Waals surface area (Å²) in [6, 6.07) is 0. The molecule has 9 fully saturated rings. The number of fused-ring (bicyclic) bond motifs is 7. The molecule has 29 nitrogen and oxygen atoms in total. The van der Waals surface area contributed by atoms with Crippen molar-refractivity contribution in [2.45, 2.75) is 266 Å². The monoisotopic (exact) mass is 1270 g/mol. The van der Waals surface area contributed by atoms with Crippen LogP contribution in [0.3, 0.4) is 0 Å². The highest BCUT2D eigenvalue weighted by molar-refractivity contribution is 5.73. The predicted molar refractivity (Wildman–Crippen MR) is 293 cm³/mol. The molecule has 0 bridgehead atoms. The molecule has 506 valence electrons. The van der Waals surface area contributed by atoms with Crippen molar-refractivity contribution in [3.05, 3.63) is 11.6 Å². The number of rotatable bonds is 15. The maximum atomic E-state index is 12.6. The van der Waals surface area contributed by atoms with Crippen molar-refractivity contribution >= 4 is 5.97 Å².